The molecule has 5 aromatic rings. The number of aliphatic imine (C=N–C) groups is 1. The highest BCUT2D eigenvalue weighted by atomic mass is 19.1. The average molecular weight is 611 g/mol. The van der Waals surface area contributed by atoms with Crippen molar-refractivity contribution >= 4 is 22.8 Å². The fourth-order valence-electron chi connectivity index (χ4n) is 4.40. The number of aromatic nitrogens is 3. The van der Waals surface area contributed by atoms with Crippen LogP contribution in [0.1, 0.15) is 12.0 Å². The highest BCUT2D eigenvalue weighted by molar-refractivity contribution is 5.88. The Bertz CT molecular complexity index is 2020. The van der Waals surface area contributed by atoms with Crippen LogP contribution in [0, 0.1) is 17.1 Å². The maximum absolute atomic E-state index is 15.2. The number of nitrogens with zero attached hydrogens (tertiary/aromatic N) is 4. The average Bonchev–Trinajstić information content (AvgIpc) is 3.04. The highest BCUT2D eigenvalue weighted by Crippen LogP contribution is 2.38. The zero-order valence-electron chi connectivity index (χ0n) is 24.0. The van der Waals surface area contributed by atoms with Gasteiger partial charge in [-0.3, -0.25) is 19.8 Å². The molecule has 0 spiro atoms. The van der Waals surface area contributed by atoms with E-state index in [1.807, 2.05) is 6.07 Å². The summed E-state index contributed by atoms with van der Waals surface area (Å²) in [4.78, 5) is 35.4. The second-order valence-electron chi connectivity index (χ2n) is 9.51. The van der Waals surface area contributed by atoms with Gasteiger partial charge < -0.3 is 24.6 Å². The van der Waals surface area contributed by atoms with Gasteiger partial charge in [-0.05, 0) is 49.4 Å². The molecule has 228 valence electrons. The molecule has 0 fully saturated rings. The third kappa shape index (κ3) is 6.98. The SMILES string of the molecule is COc1cc2c(Oc3ccc(N=Cc4c(O)n(-c5ccccc5)c(=O)[nH]c4=O)cc3F)ccnc2cc1OCCCNCC#N. The van der Waals surface area contributed by atoms with Crippen LogP contribution < -0.4 is 30.8 Å². The smallest absolute Gasteiger partial charge is 0.335 e. The largest absolute Gasteiger partial charge is 0.493 e. The summed E-state index contributed by atoms with van der Waals surface area (Å²) < 4.78 is 33.4. The molecule has 3 N–H and O–H groups in total. The van der Waals surface area contributed by atoms with E-state index in [4.69, 9.17) is 19.5 Å². The lowest BCUT2D eigenvalue weighted by Crippen LogP contribution is -2.31. The summed E-state index contributed by atoms with van der Waals surface area (Å²) in [5.74, 6) is -0.205. The van der Waals surface area contributed by atoms with Gasteiger partial charge in [0, 0.05) is 29.9 Å². The minimum Gasteiger partial charge on any atom is -0.493 e. The van der Waals surface area contributed by atoms with E-state index in [1.165, 1.54) is 25.4 Å². The number of fused-ring (bicyclic) bond motifs is 1. The molecule has 0 aliphatic heterocycles. The molecule has 0 saturated heterocycles. The number of H-pyrrole nitrogens is 1. The summed E-state index contributed by atoms with van der Waals surface area (Å²) in [5, 5.41) is 22.8. The first-order chi connectivity index (χ1) is 21.9. The number of para-hydroxylation sites is 1. The van der Waals surface area contributed by atoms with Crippen LogP contribution in [0.15, 0.2) is 87.5 Å². The second kappa shape index (κ2) is 14.0. The number of halogens is 1. The predicted octanol–water partition coefficient (Wildman–Crippen LogP) is 4.35. The van der Waals surface area contributed by atoms with Gasteiger partial charge in [0.05, 0.1) is 43.2 Å². The molecule has 0 bridgehead atoms. The molecule has 0 saturated carbocycles. The molecule has 0 aliphatic rings. The van der Waals surface area contributed by atoms with Crippen molar-refractivity contribution in [1.82, 2.24) is 19.9 Å². The first-order valence-corrected chi connectivity index (χ1v) is 13.7. The fourth-order valence-corrected chi connectivity index (χ4v) is 4.40. The van der Waals surface area contributed by atoms with Gasteiger partial charge in [0.25, 0.3) is 5.56 Å². The summed E-state index contributed by atoms with van der Waals surface area (Å²) in [6, 6.07) is 19.2. The Morgan fingerprint density at radius 3 is 2.67 bits per heavy atom. The zero-order chi connectivity index (χ0) is 31.8. The van der Waals surface area contributed by atoms with Crippen molar-refractivity contribution < 1.29 is 23.7 Å². The number of nitriles is 1. The molecule has 0 amide bonds. The number of benzene rings is 3. The zero-order valence-corrected chi connectivity index (χ0v) is 24.0. The van der Waals surface area contributed by atoms with Crippen molar-refractivity contribution in [3.8, 4) is 40.6 Å². The minimum absolute atomic E-state index is 0.0936. The van der Waals surface area contributed by atoms with Crippen molar-refractivity contribution in [3.05, 3.63) is 105 Å². The molecule has 0 atom stereocenters. The van der Waals surface area contributed by atoms with Crippen LogP contribution in [0.2, 0.25) is 0 Å². The maximum atomic E-state index is 15.2. The highest BCUT2D eigenvalue weighted by Gasteiger charge is 2.16. The van der Waals surface area contributed by atoms with Crippen LogP contribution in [0.3, 0.4) is 0 Å². The van der Waals surface area contributed by atoms with Crippen LogP contribution in [0.25, 0.3) is 16.6 Å². The Labute approximate surface area is 255 Å². The lowest BCUT2D eigenvalue weighted by molar-refractivity contribution is 0.289. The fraction of sp³-hybridized carbons (Fsp3) is 0.156. The van der Waals surface area contributed by atoms with Crippen molar-refractivity contribution in [3.63, 3.8) is 0 Å². The van der Waals surface area contributed by atoms with E-state index in [9.17, 15) is 14.7 Å². The first kappa shape index (κ1) is 30.5. The van der Waals surface area contributed by atoms with Gasteiger partial charge in [0.1, 0.15) is 11.3 Å². The maximum Gasteiger partial charge on any atom is 0.335 e. The standard InChI is InChI=1S/C32H27FN6O6/c1-43-28-17-22-25(18-29(28)44-15-5-12-35-14-11-34)36-13-10-26(22)45-27-9-8-20(16-24(27)33)37-19-23-30(40)38-32(42)39(31(23)41)21-6-3-2-4-7-21/h2-4,6-10,13,16-19,35,41H,5,12,14-15H2,1H3,(H,38,40,42). The number of nitrogens with one attached hydrogen (secondary N) is 2. The topological polar surface area (TPSA) is 164 Å². The summed E-state index contributed by atoms with van der Waals surface area (Å²) in [6.07, 6.45) is 3.25. The second-order valence-corrected chi connectivity index (χ2v) is 9.51. The molecule has 3 aromatic carbocycles. The van der Waals surface area contributed by atoms with Gasteiger partial charge >= 0.3 is 5.69 Å². The quantitative estimate of drug-likeness (QED) is 0.106. The molecule has 45 heavy (non-hydrogen) atoms. The Morgan fingerprint density at radius 2 is 1.91 bits per heavy atom. The normalized spacial score (nSPS) is 11.0. The number of methoxy groups -OCH3 is 1. The number of ether oxygens (including phenoxy) is 3. The summed E-state index contributed by atoms with van der Waals surface area (Å²) in [7, 11) is 1.50. The third-order valence-electron chi connectivity index (χ3n) is 6.56. The molecular formula is C32H27FN6O6. The monoisotopic (exact) mass is 610 g/mol. The van der Waals surface area contributed by atoms with Crippen LogP contribution in [0.4, 0.5) is 10.1 Å². The Balaban J connectivity index is 1.36. The number of rotatable bonds is 12. The number of aromatic amines is 1. The van der Waals surface area contributed by atoms with Crippen molar-refractivity contribution in [1.29, 1.82) is 5.26 Å². The number of pyridine rings is 1. The number of hydrogen-bond donors (Lipinski definition) is 3. The Kier molecular flexibility index (Phi) is 9.46. The summed E-state index contributed by atoms with van der Waals surface area (Å²) in [6.45, 7) is 1.28. The van der Waals surface area contributed by atoms with E-state index < -0.39 is 22.9 Å². The molecule has 5 rings (SSSR count). The van der Waals surface area contributed by atoms with Gasteiger partial charge in [-0.2, -0.15) is 5.26 Å². The molecule has 0 radical (unpaired) electrons. The van der Waals surface area contributed by atoms with Gasteiger partial charge in [0.2, 0.25) is 5.88 Å². The van der Waals surface area contributed by atoms with Gasteiger partial charge in [-0.15, -0.1) is 0 Å². The summed E-state index contributed by atoms with van der Waals surface area (Å²) >= 11 is 0. The van der Waals surface area contributed by atoms with E-state index in [-0.39, 0.29) is 23.5 Å². The van der Waals surface area contributed by atoms with E-state index in [0.717, 1.165) is 16.8 Å². The van der Waals surface area contributed by atoms with Gasteiger partial charge in [-0.1, -0.05) is 18.2 Å². The molecular weight excluding hydrogens is 583 g/mol. The molecule has 12 nitrogen and oxygen atoms in total. The van der Waals surface area contributed by atoms with Crippen LogP contribution in [0.5, 0.6) is 28.9 Å². The van der Waals surface area contributed by atoms with Crippen molar-refractivity contribution in [2.24, 2.45) is 4.99 Å². The van der Waals surface area contributed by atoms with Crippen molar-refractivity contribution in [2.75, 3.05) is 26.8 Å². The molecule has 0 aliphatic carbocycles. The van der Waals surface area contributed by atoms with Crippen molar-refractivity contribution in [2.45, 2.75) is 6.42 Å². The first-order valence-electron chi connectivity index (χ1n) is 13.7. The predicted molar refractivity (Wildman–Crippen MR) is 165 cm³/mol. The molecule has 13 heteroatoms. The number of aromatic hydroxyl groups is 1. The third-order valence-corrected chi connectivity index (χ3v) is 6.56. The number of hydrogen-bond acceptors (Lipinski definition) is 10. The summed E-state index contributed by atoms with van der Waals surface area (Å²) in [5.41, 5.74) is -0.953. The van der Waals surface area contributed by atoms with E-state index in [1.54, 1.807) is 48.5 Å². The Hall–Kier alpha value is -6.00. The lowest BCUT2D eigenvalue weighted by Gasteiger charge is -2.14. The molecule has 0 unspecified atom stereocenters. The van der Waals surface area contributed by atoms with Crippen LogP contribution in [-0.4, -0.2) is 52.7 Å². The molecule has 2 aromatic heterocycles. The van der Waals surface area contributed by atoms with E-state index in [2.05, 4.69) is 20.3 Å². The van der Waals surface area contributed by atoms with Gasteiger partial charge in [-0.25, -0.2) is 13.8 Å². The lowest BCUT2D eigenvalue weighted by atomic mass is 10.1. The van der Waals surface area contributed by atoms with Crippen LogP contribution in [-0.2, 0) is 0 Å². The van der Waals surface area contributed by atoms with E-state index >= 15 is 4.39 Å². The molecule has 2 heterocycles. The minimum atomic E-state index is -0.852. The van der Waals surface area contributed by atoms with E-state index in [0.29, 0.717) is 53.4 Å². The van der Waals surface area contributed by atoms with Gasteiger partial charge in [0.15, 0.2) is 23.1 Å². The Morgan fingerprint density at radius 1 is 1.09 bits per heavy atom. The van der Waals surface area contributed by atoms with Crippen LogP contribution >= 0.6 is 0 Å².